The molecule has 2 aromatic rings. The van der Waals surface area contributed by atoms with Gasteiger partial charge in [-0.1, -0.05) is 6.07 Å². The monoisotopic (exact) mass is 286 g/mol. The fourth-order valence-electron chi connectivity index (χ4n) is 2.00. The summed E-state index contributed by atoms with van der Waals surface area (Å²) >= 11 is 0. The van der Waals surface area contributed by atoms with Crippen molar-refractivity contribution >= 4 is 11.8 Å². The highest BCUT2D eigenvalue weighted by Crippen LogP contribution is 2.26. The molecule has 0 spiro atoms. The Kier molecular flexibility index (Phi) is 4.23. The van der Waals surface area contributed by atoms with E-state index in [2.05, 4.69) is 0 Å². The minimum atomic E-state index is -1.18. The number of carboxylic acid groups (broad SMARTS) is 1. The molecule has 1 N–H and O–H groups in total. The first-order valence-electron chi connectivity index (χ1n) is 6.17. The van der Waals surface area contributed by atoms with E-state index < -0.39 is 11.8 Å². The topological polar surface area (TPSA) is 72.8 Å². The van der Waals surface area contributed by atoms with E-state index in [4.69, 9.17) is 9.47 Å². The van der Waals surface area contributed by atoms with Crippen LogP contribution in [0.15, 0.2) is 42.5 Å². The van der Waals surface area contributed by atoms with Gasteiger partial charge < -0.3 is 14.6 Å². The molecule has 0 unspecified atom stereocenters. The number of ether oxygens (including phenoxy) is 2. The highest BCUT2D eigenvalue weighted by molar-refractivity contribution is 6.15. The number of carboxylic acids is 1. The van der Waals surface area contributed by atoms with E-state index in [0.717, 1.165) is 0 Å². The molecule has 0 bridgehead atoms. The van der Waals surface area contributed by atoms with E-state index in [9.17, 15) is 14.7 Å². The van der Waals surface area contributed by atoms with Gasteiger partial charge in [-0.15, -0.1) is 0 Å². The highest BCUT2D eigenvalue weighted by atomic mass is 16.5. The zero-order valence-electron chi connectivity index (χ0n) is 11.6. The van der Waals surface area contributed by atoms with Crippen LogP contribution < -0.4 is 9.47 Å². The second-order valence-corrected chi connectivity index (χ2v) is 4.25. The Labute approximate surface area is 121 Å². The van der Waals surface area contributed by atoms with Crippen molar-refractivity contribution in [2.24, 2.45) is 0 Å². The maximum absolute atomic E-state index is 12.6. The first-order chi connectivity index (χ1) is 10.1. The minimum absolute atomic E-state index is 0.0395. The van der Waals surface area contributed by atoms with Crippen LogP contribution >= 0.6 is 0 Å². The second kappa shape index (κ2) is 6.09. The second-order valence-electron chi connectivity index (χ2n) is 4.25. The van der Waals surface area contributed by atoms with Crippen molar-refractivity contribution in [1.82, 2.24) is 0 Å². The van der Waals surface area contributed by atoms with Crippen molar-refractivity contribution in [3.8, 4) is 11.5 Å². The van der Waals surface area contributed by atoms with Crippen molar-refractivity contribution in [1.29, 1.82) is 0 Å². The molecule has 5 nitrogen and oxygen atoms in total. The molecule has 0 saturated carbocycles. The van der Waals surface area contributed by atoms with Gasteiger partial charge >= 0.3 is 5.97 Å². The van der Waals surface area contributed by atoms with Gasteiger partial charge in [-0.05, 0) is 36.4 Å². The fraction of sp³-hybridized carbons (Fsp3) is 0.125. The number of methoxy groups -OCH3 is 2. The predicted octanol–water partition coefficient (Wildman–Crippen LogP) is 2.63. The molecule has 0 aromatic heterocycles. The minimum Gasteiger partial charge on any atom is -0.497 e. The Bertz CT molecular complexity index is 674. The molecule has 0 radical (unpaired) electrons. The van der Waals surface area contributed by atoms with E-state index in [1.165, 1.54) is 26.4 Å². The van der Waals surface area contributed by atoms with Crippen molar-refractivity contribution in [3.05, 3.63) is 59.2 Å². The molecule has 5 heteroatoms. The molecule has 2 rings (SSSR count). The van der Waals surface area contributed by atoms with Crippen LogP contribution in [0.2, 0.25) is 0 Å². The number of benzene rings is 2. The Morgan fingerprint density at radius 3 is 2.14 bits per heavy atom. The van der Waals surface area contributed by atoms with Gasteiger partial charge in [0.05, 0.1) is 25.3 Å². The molecule has 0 amide bonds. The number of ketones is 1. The first kappa shape index (κ1) is 14.6. The average molecular weight is 286 g/mol. The van der Waals surface area contributed by atoms with Crippen LogP contribution in [0.4, 0.5) is 0 Å². The summed E-state index contributed by atoms with van der Waals surface area (Å²) in [6.45, 7) is 0. The molecule has 108 valence electrons. The van der Waals surface area contributed by atoms with E-state index in [1.54, 1.807) is 30.3 Å². The third-order valence-corrected chi connectivity index (χ3v) is 3.06. The smallest absolute Gasteiger partial charge is 0.336 e. The molecule has 0 saturated heterocycles. The molecule has 0 aliphatic heterocycles. The summed E-state index contributed by atoms with van der Waals surface area (Å²) in [5.74, 6) is -0.737. The summed E-state index contributed by atoms with van der Waals surface area (Å²) in [5.41, 5.74) is 0.315. The molecular weight excluding hydrogens is 272 g/mol. The lowest BCUT2D eigenvalue weighted by Gasteiger charge is -2.11. The SMILES string of the molecule is COc1ccc(C(=O)c2c(OC)cccc2C(=O)O)cc1. The quantitative estimate of drug-likeness (QED) is 0.855. The van der Waals surface area contributed by atoms with Crippen LogP contribution in [0.1, 0.15) is 26.3 Å². The van der Waals surface area contributed by atoms with Crippen LogP contribution in [0.5, 0.6) is 11.5 Å². The molecular formula is C16H14O5. The Hall–Kier alpha value is -2.82. The van der Waals surface area contributed by atoms with Crippen LogP contribution in [-0.4, -0.2) is 31.1 Å². The van der Waals surface area contributed by atoms with Crippen LogP contribution in [0.25, 0.3) is 0 Å². The molecule has 0 aliphatic carbocycles. The molecule has 0 atom stereocenters. The summed E-state index contributed by atoms with van der Waals surface area (Å²) in [5, 5.41) is 9.24. The Morgan fingerprint density at radius 1 is 0.952 bits per heavy atom. The zero-order valence-corrected chi connectivity index (χ0v) is 11.6. The van der Waals surface area contributed by atoms with Crippen molar-refractivity contribution < 1.29 is 24.2 Å². The normalized spacial score (nSPS) is 10.0. The number of carbonyl (C=O) groups excluding carboxylic acids is 1. The maximum Gasteiger partial charge on any atom is 0.336 e. The highest BCUT2D eigenvalue weighted by Gasteiger charge is 2.22. The van der Waals surface area contributed by atoms with Crippen molar-refractivity contribution in [2.75, 3.05) is 14.2 Å². The van der Waals surface area contributed by atoms with Gasteiger partial charge in [0.15, 0.2) is 5.78 Å². The van der Waals surface area contributed by atoms with E-state index in [1.807, 2.05) is 0 Å². The Morgan fingerprint density at radius 2 is 1.62 bits per heavy atom. The number of hydrogen-bond acceptors (Lipinski definition) is 4. The molecule has 0 fully saturated rings. The molecule has 0 aliphatic rings. The summed E-state index contributed by atoms with van der Waals surface area (Å²) in [6, 6.07) is 10.9. The lowest BCUT2D eigenvalue weighted by molar-refractivity contribution is 0.0692. The fourth-order valence-corrected chi connectivity index (χ4v) is 2.00. The molecule has 2 aromatic carbocycles. The van der Waals surface area contributed by atoms with E-state index in [-0.39, 0.29) is 16.9 Å². The Balaban J connectivity index is 2.53. The molecule has 0 heterocycles. The first-order valence-corrected chi connectivity index (χ1v) is 6.17. The predicted molar refractivity (Wildman–Crippen MR) is 76.4 cm³/mol. The largest absolute Gasteiger partial charge is 0.497 e. The van der Waals surface area contributed by atoms with Gasteiger partial charge in [-0.3, -0.25) is 4.79 Å². The number of hydrogen-bond donors (Lipinski definition) is 1. The summed E-state index contributed by atoms with van der Waals surface area (Å²) in [6.07, 6.45) is 0. The average Bonchev–Trinajstić information content (AvgIpc) is 2.53. The van der Waals surface area contributed by atoms with Gasteiger partial charge in [0.2, 0.25) is 0 Å². The number of rotatable bonds is 5. The van der Waals surface area contributed by atoms with E-state index >= 15 is 0 Å². The van der Waals surface area contributed by atoms with Crippen LogP contribution in [0.3, 0.4) is 0 Å². The maximum atomic E-state index is 12.6. The third-order valence-electron chi connectivity index (χ3n) is 3.06. The van der Waals surface area contributed by atoms with E-state index in [0.29, 0.717) is 11.3 Å². The van der Waals surface area contributed by atoms with Gasteiger partial charge in [0.25, 0.3) is 0 Å². The zero-order chi connectivity index (χ0) is 15.4. The lowest BCUT2D eigenvalue weighted by atomic mass is 9.97. The summed E-state index contributed by atoms with van der Waals surface area (Å²) in [7, 11) is 2.92. The third kappa shape index (κ3) is 2.86. The summed E-state index contributed by atoms with van der Waals surface area (Å²) < 4.78 is 10.1. The molecule has 21 heavy (non-hydrogen) atoms. The van der Waals surface area contributed by atoms with Gasteiger partial charge in [-0.2, -0.15) is 0 Å². The van der Waals surface area contributed by atoms with Gasteiger partial charge in [-0.25, -0.2) is 4.79 Å². The van der Waals surface area contributed by atoms with Gasteiger partial charge in [0.1, 0.15) is 11.5 Å². The van der Waals surface area contributed by atoms with Crippen LogP contribution in [-0.2, 0) is 0 Å². The lowest BCUT2D eigenvalue weighted by Crippen LogP contribution is -2.11. The van der Waals surface area contributed by atoms with Crippen molar-refractivity contribution in [3.63, 3.8) is 0 Å². The van der Waals surface area contributed by atoms with Crippen molar-refractivity contribution in [2.45, 2.75) is 0 Å². The van der Waals surface area contributed by atoms with Gasteiger partial charge in [0, 0.05) is 5.56 Å². The standard InChI is InChI=1S/C16H14O5/c1-20-11-8-6-10(7-9-11)15(17)14-12(16(18)19)4-3-5-13(14)21-2/h3-9H,1-2H3,(H,18,19). The summed E-state index contributed by atoms with van der Waals surface area (Å²) in [4.78, 5) is 23.9. The number of carbonyl (C=O) groups is 2. The van der Waals surface area contributed by atoms with Crippen LogP contribution in [0, 0.1) is 0 Å². The number of aromatic carboxylic acids is 1.